The van der Waals surface area contributed by atoms with Crippen LogP contribution in [-0.4, -0.2) is 32.0 Å². The molecule has 0 aliphatic carbocycles. The number of carbonyl (C=O) groups excluding carboxylic acids is 2. The summed E-state index contributed by atoms with van der Waals surface area (Å²) in [5.74, 6) is 0.0983. The van der Waals surface area contributed by atoms with E-state index in [9.17, 15) is 14.0 Å². The van der Waals surface area contributed by atoms with Crippen LogP contribution in [0.4, 0.5) is 4.39 Å². The van der Waals surface area contributed by atoms with Crippen molar-refractivity contribution in [2.24, 2.45) is 0 Å². The molecule has 138 valence electrons. The summed E-state index contributed by atoms with van der Waals surface area (Å²) in [5, 5.41) is 2.78. The van der Waals surface area contributed by atoms with E-state index in [-0.39, 0.29) is 23.9 Å². The second-order valence-electron chi connectivity index (χ2n) is 5.74. The highest BCUT2D eigenvalue weighted by molar-refractivity contribution is 5.94. The molecule has 0 atom stereocenters. The number of nitrogens with one attached hydrogen (secondary N) is 1. The highest BCUT2D eigenvalue weighted by Crippen LogP contribution is 2.21. The maximum Gasteiger partial charge on any atom is 0.224 e. The van der Waals surface area contributed by atoms with E-state index in [1.807, 2.05) is 0 Å². The fourth-order valence-electron chi connectivity index (χ4n) is 2.42. The molecule has 0 aliphatic heterocycles. The minimum Gasteiger partial charge on any atom is -0.496 e. The van der Waals surface area contributed by atoms with Gasteiger partial charge >= 0.3 is 0 Å². The van der Waals surface area contributed by atoms with E-state index in [4.69, 9.17) is 9.47 Å². The lowest BCUT2D eigenvalue weighted by atomic mass is 10.0. The van der Waals surface area contributed by atoms with Gasteiger partial charge in [0.05, 0.1) is 20.1 Å². The molecule has 5 nitrogen and oxygen atoms in total. The van der Waals surface area contributed by atoms with Crippen LogP contribution in [-0.2, 0) is 11.2 Å². The molecule has 0 saturated carbocycles. The normalized spacial score (nSPS) is 10.3. The molecule has 2 aromatic carbocycles. The van der Waals surface area contributed by atoms with E-state index in [2.05, 4.69) is 5.32 Å². The van der Waals surface area contributed by atoms with Gasteiger partial charge in [-0.15, -0.1) is 0 Å². The monoisotopic (exact) mass is 359 g/mol. The quantitative estimate of drug-likeness (QED) is 0.552. The first kappa shape index (κ1) is 19.4. The van der Waals surface area contributed by atoms with Gasteiger partial charge in [-0.2, -0.15) is 0 Å². The van der Waals surface area contributed by atoms with Gasteiger partial charge in [-0.05, 0) is 43.7 Å². The SMILES string of the molecule is COc1ccc(C(C)=O)cc1CC(=O)NCCCOc1ccccc1F. The van der Waals surface area contributed by atoms with Gasteiger partial charge in [0.2, 0.25) is 5.91 Å². The van der Waals surface area contributed by atoms with Crippen LogP contribution in [0.3, 0.4) is 0 Å². The molecule has 2 aromatic rings. The van der Waals surface area contributed by atoms with Crippen molar-refractivity contribution in [3.8, 4) is 11.5 Å². The Bertz CT molecular complexity index is 776. The highest BCUT2D eigenvalue weighted by Gasteiger charge is 2.11. The average molecular weight is 359 g/mol. The Hall–Kier alpha value is -2.89. The van der Waals surface area contributed by atoms with Crippen molar-refractivity contribution in [2.75, 3.05) is 20.3 Å². The number of hydrogen-bond donors (Lipinski definition) is 1. The maximum absolute atomic E-state index is 13.4. The number of para-hydroxylation sites is 1. The zero-order valence-electron chi connectivity index (χ0n) is 14.9. The lowest BCUT2D eigenvalue weighted by Crippen LogP contribution is -2.27. The van der Waals surface area contributed by atoms with Gasteiger partial charge in [0.15, 0.2) is 17.3 Å². The molecule has 6 heteroatoms. The number of carbonyl (C=O) groups is 2. The number of ketones is 1. The first-order valence-electron chi connectivity index (χ1n) is 8.33. The summed E-state index contributed by atoms with van der Waals surface area (Å²) in [6, 6.07) is 11.2. The molecule has 1 N–H and O–H groups in total. The van der Waals surface area contributed by atoms with Crippen molar-refractivity contribution >= 4 is 11.7 Å². The van der Waals surface area contributed by atoms with E-state index in [0.717, 1.165) is 0 Å². The molecule has 26 heavy (non-hydrogen) atoms. The summed E-state index contributed by atoms with van der Waals surface area (Å²) in [6.45, 7) is 2.17. The van der Waals surface area contributed by atoms with Crippen molar-refractivity contribution in [1.29, 1.82) is 0 Å². The molecule has 0 aliphatic rings. The fraction of sp³-hybridized carbons (Fsp3) is 0.300. The predicted molar refractivity (Wildman–Crippen MR) is 96.2 cm³/mol. The molecule has 2 rings (SSSR count). The number of benzene rings is 2. The molecule has 0 radical (unpaired) electrons. The highest BCUT2D eigenvalue weighted by atomic mass is 19.1. The molecule has 0 spiro atoms. The molecule has 0 unspecified atom stereocenters. The maximum atomic E-state index is 13.4. The Morgan fingerprint density at radius 2 is 1.88 bits per heavy atom. The average Bonchev–Trinajstić information content (AvgIpc) is 2.62. The standard InChI is InChI=1S/C20H22FNO4/c1-14(23)15-8-9-18(25-2)16(12-15)13-20(24)22-10-5-11-26-19-7-4-3-6-17(19)21/h3-4,6-9,12H,5,10-11,13H2,1-2H3,(H,22,24). The van der Waals surface area contributed by atoms with Crippen LogP contribution in [0, 0.1) is 5.82 Å². The van der Waals surface area contributed by atoms with E-state index < -0.39 is 5.82 Å². The first-order valence-corrected chi connectivity index (χ1v) is 8.33. The van der Waals surface area contributed by atoms with Crippen LogP contribution < -0.4 is 14.8 Å². The number of ether oxygens (including phenoxy) is 2. The minimum absolute atomic E-state index is 0.0698. The number of halogens is 1. The van der Waals surface area contributed by atoms with Crippen LogP contribution in [0.25, 0.3) is 0 Å². The lowest BCUT2D eigenvalue weighted by Gasteiger charge is -2.11. The second-order valence-corrected chi connectivity index (χ2v) is 5.74. The van der Waals surface area contributed by atoms with E-state index in [0.29, 0.717) is 36.4 Å². The van der Waals surface area contributed by atoms with E-state index >= 15 is 0 Å². The smallest absolute Gasteiger partial charge is 0.224 e. The van der Waals surface area contributed by atoms with Crippen LogP contribution in [0.2, 0.25) is 0 Å². The molecular formula is C20H22FNO4. The molecule has 0 aromatic heterocycles. The zero-order valence-corrected chi connectivity index (χ0v) is 14.9. The third-order valence-corrected chi connectivity index (χ3v) is 3.78. The van der Waals surface area contributed by atoms with E-state index in [1.54, 1.807) is 36.4 Å². The molecule has 1 amide bonds. The van der Waals surface area contributed by atoms with Crippen LogP contribution >= 0.6 is 0 Å². The summed E-state index contributed by atoms with van der Waals surface area (Å²) in [6.07, 6.45) is 0.656. The predicted octanol–water partition coefficient (Wildman–Crippen LogP) is 3.16. The van der Waals surface area contributed by atoms with Crippen LogP contribution in [0.5, 0.6) is 11.5 Å². The number of amides is 1. The molecule has 0 heterocycles. The lowest BCUT2D eigenvalue weighted by molar-refractivity contribution is -0.120. The minimum atomic E-state index is -0.408. The van der Waals surface area contributed by atoms with Crippen molar-refractivity contribution in [3.63, 3.8) is 0 Å². The summed E-state index contributed by atoms with van der Waals surface area (Å²) in [7, 11) is 1.52. The molecule has 0 bridgehead atoms. The Kier molecular flexibility index (Phi) is 7.14. The Morgan fingerprint density at radius 3 is 2.58 bits per heavy atom. The summed E-state index contributed by atoms with van der Waals surface area (Å²) < 4.78 is 24.0. The van der Waals surface area contributed by atoms with Crippen molar-refractivity contribution < 1.29 is 23.5 Å². The summed E-state index contributed by atoms with van der Waals surface area (Å²) in [4.78, 5) is 23.6. The van der Waals surface area contributed by atoms with Crippen molar-refractivity contribution in [2.45, 2.75) is 19.8 Å². The molecule has 0 fully saturated rings. The van der Waals surface area contributed by atoms with Gasteiger partial charge in [-0.1, -0.05) is 12.1 Å². The Labute approximate surface area is 152 Å². The van der Waals surface area contributed by atoms with Gasteiger partial charge in [0.1, 0.15) is 5.75 Å². The van der Waals surface area contributed by atoms with Crippen molar-refractivity contribution in [1.82, 2.24) is 5.32 Å². The topological polar surface area (TPSA) is 64.6 Å². The first-order chi connectivity index (χ1) is 12.5. The Balaban J connectivity index is 1.79. The molecule has 0 saturated heterocycles. The number of hydrogen-bond acceptors (Lipinski definition) is 4. The summed E-state index contributed by atoms with van der Waals surface area (Å²) >= 11 is 0. The third-order valence-electron chi connectivity index (χ3n) is 3.78. The van der Waals surface area contributed by atoms with Gasteiger partial charge in [0.25, 0.3) is 0 Å². The van der Waals surface area contributed by atoms with Gasteiger partial charge < -0.3 is 14.8 Å². The van der Waals surface area contributed by atoms with Crippen LogP contribution in [0.15, 0.2) is 42.5 Å². The largest absolute Gasteiger partial charge is 0.496 e. The fourth-order valence-corrected chi connectivity index (χ4v) is 2.42. The zero-order chi connectivity index (χ0) is 18.9. The summed E-state index contributed by atoms with van der Waals surface area (Å²) in [5.41, 5.74) is 1.19. The van der Waals surface area contributed by atoms with Crippen molar-refractivity contribution in [3.05, 3.63) is 59.4 Å². The van der Waals surface area contributed by atoms with E-state index in [1.165, 1.54) is 20.1 Å². The number of rotatable bonds is 9. The second kappa shape index (κ2) is 9.56. The number of Topliss-reactive ketones (excluding diaryl/α,β-unsaturated/α-hetero) is 1. The Morgan fingerprint density at radius 1 is 1.12 bits per heavy atom. The van der Waals surface area contributed by atoms with Gasteiger partial charge in [-0.3, -0.25) is 9.59 Å². The third kappa shape index (κ3) is 5.58. The van der Waals surface area contributed by atoms with Crippen LogP contribution in [0.1, 0.15) is 29.3 Å². The van der Waals surface area contributed by atoms with Gasteiger partial charge in [-0.25, -0.2) is 4.39 Å². The number of methoxy groups -OCH3 is 1. The van der Waals surface area contributed by atoms with Gasteiger partial charge in [0, 0.05) is 17.7 Å². The molecular weight excluding hydrogens is 337 g/mol.